The van der Waals surface area contributed by atoms with E-state index in [9.17, 15) is 0 Å². The molecule has 2 aliphatic rings. The molecule has 0 saturated heterocycles. The Kier molecular flexibility index (Phi) is 3.04. The van der Waals surface area contributed by atoms with Crippen molar-refractivity contribution in [2.75, 3.05) is 0 Å². The summed E-state index contributed by atoms with van der Waals surface area (Å²) in [6, 6.07) is 0. The molecular formula is C15H24. The van der Waals surface area contributed by atoms with Crippen molar-refractivity contribution in [3.63, 3.8) is 0 Å². The fourth-order valence-electron chi connectivity index (χ4n) is 3.45. The lowest BCUT2D eigenvalue weighted by Crippen LogP contribution is -2.30. The van der Waals surface area contributed by atoms with E-state index in [1.54, 1.807) is 5.57 Å². The van der Waals surface area contributed by atoms with Crippen molar-refractivity contribution in [1.29, 1.82) is 0 Å². The number of hydrogen-bond donors (Lipinski definition) is 0. The Bertz CT molecular complexity index is 282. The zero-order chi connectivity index (χ0) is 11.0. The van der Waals surface area contributed by atoms with Gasteiger partial charge in [0.05, 0.1) is 0 Å². The molecule has 1 saturated carbocycles. The number of allylic oxidation sites excluding steroid dienone is 3. The van der Waals surface area contributed by atoms with Gasteiger partial charge in [-0.15, -0.1) is 0 Å². The Morgan fingerprint density at radius 1 is 1.27 bits per heavy atom. The first-order valence-electron chi connectivity index (χ1n) is 6.49. The predicted molar refractivity (Wildman–Crippen MR) is 66.7 cm³/mol. The van der Waals surface area contributed by atoms with E-state index in [2.05, 4.69) is 33.4 Å². The van der Waals surface area contributed by atoms with Crippen molar-refractivity contribution in [3.8, 4) is 0 Å². The minimum Gasteiger partial charge on any atom is -0.0958 e. The highest BCUT2D eigenvalue weighted by molar-refractivity contribution is 5.30. The maximum atomic E-state index is 4.15. The Labute approximate surface area is 94.5 Å². The summed E-state index contributed by atoms with van der Waals surface area (Å²) in [4.78, 5) is 0. The SMILES string of the molecule is C=C1C=C2[C@H](C(C)C)CC[C@H](C)[C@H]2CC1. The molecule has 0 aromatic carbocycles. The van der Waals surface area contributed by atoms with Crippen LogP contribution in [0.1, 0.15) is 46.5 Å². The van der Waals surface area contributed by atoms with Crippen LogP contribution in [-0.4, -0.2) is 0 Å². The van der Waals surface area contributed by atoms with E-state index in [0.717, 1.165) is 23.7 Å². The van der Waals surface area contributed by atoms with E-state index in [-0.39, 0.29) is 0 Å². The summed E-state index contributed by atoms with van der Waals surface area (Å²) in [6.45, 7) is 11.3. The van der Waals surface area contributed by atoms with E-state index in [0.29, 0.717) is 0 Å². The van der Waals surface area contributed by atoms with Crippen molar-refractivity contribution in [2.24, 2.45) is 23.7 Å². The highest BCUT2D eigenvalue weighted by atomic mass is 14.4. The van der Waals surface area contributed by atoms with Gasteiger partial charge in [0, 0.05) is 0 Å². The molecule has 0 nitrogen and oxygen atoms in total. The monoisotopic (exact) mass is 204 g/mol. The third-order valence-corrected chi connectivity index (χ3v) is 4.43. The molecule has 1 fully saturated rings. The summed E-state index contributed by atoms with van der Waals surface area (Å²) in [5.74, 6) is 3.41. The Morgan fingerprint density at radius 2 is 2.00 bits per heavy atom. The largest absolute Gasteiger partial charge is 0.0958 e. The zero-order valence-electron chi connectivity index (χ0n) is 10.4. The summed E-state index contributed by atoms with van der Waals surface area (Å²) in [5, 5.41) is 0. The third-order valence-electron chi connectivity index (χ3n) is 4.43. The van der Waals surface area contributed by atoms with Crippen LogP contribution < -0.4 is 0 Å². The highest BCUT2D eigenvalue weighted by Gasteiger charge is 2.35. The van der Waals surface area contributed by atoms with Gasteiger partial charge in [0.15, 0.2) is 0 Å². The minimum absolute atomic E-state index is 0.803. The van der Waals surface area contributed by atoms with Gasteiger partial charge < -0.3 is 0 Å². The average molecular weight is 204 g/mol. The summed E-state index contributed by atoms with van der Waals surface area (Å²) >= 11 is 0. The molecule has 0 N–H and O–H groups in total. The molecule has 2 rings (SSSR count). The van der Waals surface area contributed by atoms with Gasteiger partial charge >= 0.3 is 0 Å². The molecule has 0 bridgehead atoms. The minimum atomic E-state index is 0.803. The second-order valence-electron chi connectivity index (χ2n) is 5.85. The fourth-order valence-corrected chi connectivity index (χ4v) is 3.45. The van der Waals surface area contributed by atoms with Gasteiger partial charge in [0.1, 0.15) is 0 Å². The van der Waals surface area contributed by atoms with Crippen molar-refractivity contribution in [3.05, 3.63) is 23.8 Å². The first kappa shape index (κ1) is 11.0. The quantitative estimate of drug-likeness (QED) is 0.586. The van der Waals surface area contributed by atoms with E-state index >= 15 is 0 Å². The second kappa shape index (κ2) is 4.15. The molecule has 0 aromatic heterocycles. The third kappa shape index (κ3) is 2.04. The van der Waals surface area contributed by atoms with Crippen molar-refractivity contribution in [2.45, 2.75) is 46.5 Å². The highest BCUT2D eigenvalue weighted by Crippen LogP contribution is 2.46. The second-order valence-corrected chi connectivity index (χ2v) is 5.85. The Hall–Kier alpha value is -0.520. The van der Waals surface area contributed by atoms with Gasteiger partial charge in [0.2, 0.25) is 0 Å². The van der Waals surface area contributed by atoms with Crippen molar-refractivity contribution >= 4 is 0 Å². The lowest BCUT2D eigenvalue weighted by molar-refractivity contribution is 0.224. The van der Waals surface area contributed by atoms with Gasteiger partial charge in [-0.1, -0.05) is 44.6 Å². The molecule has 84 valence electrons. The maximum Gasteiger partial charge on any atom is -0.0168 e. The fraction of sp³-hybridized carbons (Fsp3) is 0.733. The molecule has 3 atom stereocenters. The lowest BCUT2D eigenvalue weighted by Gasteiger charge is -2.41. The summed E-state index contributed by atoms with van der Waals surface area (Å²) < 4.78 is 0. The van der Waals surface area contributed by atoms with Crippen LogP contribution in [0.15, 0.2) is 23.8 Å². The molecule has 0 radical (unpaired) electrons. The lowest BCUT2D eigenvalue weighted by atomic mass is 9.64. The van der Waals surface area contributed by atoms with Crippen LogP contribution in [0.5, 0.6) is 0 Å². The van der Waals surface area contributed by atoms with Gasteiger partial charge in [0.25, 0.3) is 0 Å². The Balaban J connectivity index is 2.27. The molecule has 2 aliphatic carbocycles. The van der Waals surface area contributed by atoms with Crippen LogP contribution in [-0.2, 0) is 0 Å². The average Bonchev–Trinajstić information content (AvgIpc) is 2.17. The van der Waals surface area contributed by atoms with Crippen LogP contribution in [0.2, 0.25) is 0 Å². The molecule has 0 amide bonds. The van der Waals surface area contributed by atoms with Crippen molar-refractivity contribution < 1.29 is 0 Å². The van der Waals surface area contributed by atoms with Gasteiger partial charge in [-0.25, -0.2) is 0 Å². The van der Waals surface area contributed by atoms with E-state index in [1.807, 2.05) is 0 Å². The summed E-state index contributed by atoms with van der Waals surface area (Å²) in [7, 11) is 0. The standard InChI is InChI=1S/C15H24/c1-10(2)13-8-6-12(4)14-7-5-11(3)9-15(13)14/h9-10,12-14H,3,5-8H2,1-2,4H3/t12-,13-,14+/m0/s1. The molecular weight excluding hydrogens is 180 g/mol. The van der Waals surface area contributed by atoms with Gasteiger partial charge in [-0.05, 0) is 49.4 Å². The van der Waals surface area contributed by atoms with Crippen LogP contribution in [0.25, 0.3) is 0 Å². The first-order chi connectivity index (χ1) is 7.09. The molecule has 0 aliphatic heterocycles. The van der Waals surface area contributed by atoms with Crippen LogP contribution >= 0.6 is 0 Å². The smallest absolute Gasteiger partial charge is 0.0168 e. The molecule has 0 heterocycles. The normalized spacial score (nSPS) is 36.4. The van der Waals surface area contributed by atoms with Crippen LogP contribution in [0.3, 0.4) is 0 Å². The predicted octanol–water partition coefficient (Wildman–Crippen LogP) is 4.58. The Morgan fingerprint density at radius 3 is 2.67 bits per heavy atom. The molecule has 0 heteroatoms. The number of fused-ring (bicyclic) bond motifs is 1. The number of rotatable bonds is 1. The van der Waals surface area contributed by atoms with E-state index in [4.69, 9.17) is 0 Å². The van der Waals surface area contributed by atoms with Crippen molar-refractivity contribution in [1.82, 2.24) is 0 Å². The topological polar surface area (TPSA) is 0 Å². The van der Waals surface area contributed by atoms with Crippen LogP contribution in [0, 0.1) is 23.7 Å². The maximum absolute atomic E-state index is 4.15. The van der Waals surface area contributed by atoms with E-state index in [1.165, 1.54) is 31.3 Å². The zero-order valence-corrected chi connectivity index (χ0v) is 10.4. The molecule has 0 spiro atoms. The number of hydrogen-bond acceptors (Lipinski definition) is 0. The van der Waals surface area contributed by atoms with E-state index < -0.39 is 0 Å². The molecule has 15 heavy (non-hydrogen) atoms. The summed E-state index contributed by atoms with van der Waals surface area (Å²) in [6.07, 6.45) is 7.83. The first-order valence-corrected chi connectivity index (χ1v) is 6.49. The molecule has 0 aromatic rings. The van der Waals surface area contributed by atoms with Gasteiger partial charge in [-0.2, -0.15) is 0 Å². The summed E-state index contributed by atoms with van der Waals surface area (Å²) in [5.41, 5.74) is 3.10. The molecule has 0 unspecified atom stereocenters. The van der Waals surface area contributed by atoms with Gasteiger partial charge in [-0.3, -0.25) is 0 Å². The van der Waals surface area contributed by atoms with Crippen LogP contribution in [0.4, 0.5) is 0 Å².